The third-order valence-corrected chi connectivity index (χ3v) is 6.59. The average molecular weight is 376 g/mol. The minimum atomic E-state index is 0.00112. The van der Waals surface area contributed by atoms with Gasteiger partial charge in [0.15, 0.2) is 0 Å². The van der Waals surface area contributed by atoms with Crippen LogP contribution >= 0.6 is 34.7 Å². The van der Waals surface area contributed by atoms with Gasteiger partial charge in [0.2, 0.25) is 5.91 Å². The van der Waals surface area contributed by atoms with Crippen LogP contribution in [0.15, 0.2) is 48.0 Å². The zero-order valence-corrected chi connectivity index (χ0v) is 15.0. The first-order chi connectivity index (χ1) is 11.7. The summed E-state index contributed by atoms with van der Waals surface area (Å²) in [5.74, 6) is 1.20. The quantitative estimate of drug-likeness (QED) is 0.737. The van der Waals surface area contributed by atoms with Gasteiger partial charge in [-0.1, -0.05) is 35.9 Å². The monoisotopic (exact) mass is 375 g/mol. The van der Waals surface area contributed by atoms with Crippen LogP contribution in [0, 0.1) is 0 Å². The van der Waals surface area contributed by atoms with E-state index >= 15 is 0 Å². The molecule has 0 fully saturated rings. The number of benzene rings is 1. The van der Waals surface area contributed by atoms with Gasteiger partial charge in [0.25, 0.3) is 0 Å². The first kappa shape index (κ1) is 15.7. The van der Waals surface area contributed by atoms with Crippen molar-refractivity contribution >= 4 is 46.4 Å². The maximum absolute atomic E-state index is 12.1. The van der Waals surface area contributed by atoms with Crippen molar-refractivity contribution in [2.45, 2.75) is 11.8 Å². The Morgan fingerprint density at radius 3 is 2.96 bits per heavy atom. The van der Waals surface area contributed by atoms with Crippen molar-refractivity contribution in [3.05, 3.63) is 69.0 Å². The van der Waals surface area contributed by atoms with Crippen LogP contribution in [0.3, 0.4) is 0 Å². The van der Waals surface area contributed by atoms with Crippen molar-refractivity contribution in [1.82, 2.24) is 9.78 Å². The lowest BCUT2D eigenvalue weighted by Crippen LogP contribution is -2.17. The fourth-order valence-corrected chi connectivity index (χ4v) is 5.00. The number of hydrogen-bond acceptors (Lipinski definition) is 4. The SMILES string of the molecule is O=C1CS[C@@H](c2cccs2)c2cnn(Cc3ccccc3Cl)c2N1. The lowest BCUT2D eigenvalue weighted by molar-refractivity contribution is -0.113. The zero-order valence-electron chi connectivity index (χ0n) is 12.6. The Morgan fingerprint density at radius 1 is 1.29 bits per heavy atom. The van der Waals surface area contributed by atoms with E-state index in [1.807, 2.05) is 41.2 Å². The number of amides is 1. The highest BCUT2D eigenvalue weighted by molar-refractivity contribution is 8.00. The predicted molar refractivity (Wildman–Crippen MR) is 100 cm³/mol. The molecule has 0 bridgehead atoms. The highest BCUT2D eigenvalue weighted by Gasteiger charge is 2.28. The van der Waals surface area contributed by atoms with E-state index in [0.29, 0.717) is 17.3 Å². The molecule has 0 spiro atoms. The molecular formula is C17H14ClN3OS2. The lowest BCUT2D eigenvalue weighted by Gasteiger charge is -2.12. The van der Waals surface area contributed by atoms with Crippen LogP contribution in [-0.4, -0.2) is 21.4 Å². The summed E-state index contributed by atoms with van der Waals surface area (Å²) >= 11 is 9.60. The molecule has 0 saturated heterocycles. The molecule has 0 radical (unpaired) electrons. The molecule has 1 N–H and O–H groups in total. The number of anilines is 1. The van der Waals surface area contributed by atoms with Gasteiger partial charge in [-0.15, -0.1) is 23.1 Å². The van der Waals surface area contributed by atoms with Crippen LogP contribution in [0.2, 0.25) is 5.02 Å². The van der Waals surface area contributed by atoms with E-state index in [1.165, 1.54) is 4.88 Å². The molecule has 24 heavy (non-hydrogen) atoms. The molecule has 0 unspecified atom stereocenters. The van der Waals surface area contributed by atoms with Crippen molar-refractivity contribution in [2.24, 2.45) is 0 Å². The van der Waals surface area contributed by atoms with Crippen molar-refractivity contribution in [3.63, 3.8) is 0 Å². The van der Waals surface area contributed by atoms with Gasteiger partial charge in [0.1, 0.15) is 5.82 Å². The summed E-state index contributed by atoms with van der Waals surface area (Å²) in [6, 6.07) is 11.8. The van der Waals surface area contributed by atoms with Gasteiger partial charge in [-0.3, -0.25) is 4.79 Å². The minimum absolute atomic E-state index is 0.00112. The van der Waals surface area contributed by atoms with E-state index in [4.69, 9.17) is 11.6 Å². The highest BCUT2D eigenvalue weighted by atomic mass is 35.5. The third kappa shape index (κ3) is 2.97. The van der Waals surface area contributed by atoms with Crippen LogP contribution in [0.5, 0.6) is 0 Å². The number of halogens is 1. The lowest BCUT2D eigenvalue weighted by atomic mass is 10.2. The second kappa shape index (κ2) is 6.63. The van der Waals surface area contributed by atoms with E-state index in [1.54, 1.807) is 23.1 Å². The molecular weight excluding hydrogens is 362 g/mol. The molecule has 2 aromatic heterocycles. The van der Waals surface area contributed by atoms with Gasteiger partial charge in [-0.25, -0.2) is 4.68 Å². The molecule has 3 heterocycles. The predicted octanol–water partition coefficient (Wildman–Crippen LogP) is 4.42. The fourth-order valence-electron chi connectivity index (χ4n) is 2.73. The van der Waals surface area contributed by atoms with Crippen LogP contribution in [0.25, 0.3) is 0 Å². The number of carbonyl (C=O) groups excluding carboxylic acids is 1. The molecule has 1 atom stereocenters. The standard InChI is InChI=1S/C17H14ClN3OS2/c18-13-5-2-1-4-11(13)9-21-17-12(8-19-21)16(14-6-3-7-23-14)24-10-15(22)20-17/h1-8,16H,9-10H2,(H,20,22)/t16-/m1/s1. The molecule has 1 aliphatic heterocycles. The Balaban J connectivity index is 1.74. The summed E-state index contributed by atoms with van der Waals surface area (Å²) in [6.45, 7) is 0.525. The normalized spacial score (nSPS) is 17.2. The molecule has 0 aliphatic carbocycles. The van der Waals surface area contributed by atoms with E-state index in [-0.39, 0.29) is 11.2 Å². The van der Waals surface area contributed by atoms with Crippen LogP contribution < -0.4 is 5.32 Å². The number of hydrogen-bond donors (Lipinski definition) is 1. The number of nitrogens with zero attached hydrogens (tertiary/aromatic N) is 2. The van der Waals surface area contributed by atoms with E-state index in [2.05, 4.69) is 21.9 Å². The summed E-state index contributed by atoms with van der Waals surface area (Å²) < 4.78 is 1.82. The van der Waals surface area contributed by atoms with E-state index < -0.39 is 0 Å². The minimum Gasteiger partial charge on any atom is -0.310 e. The fraction of sp³-hybridized carbons (Fsp3) is 0.176. The molecule has 1 aliphatic rings. The first-order valence-electron chi connectivity index (χ1n) is 7.46. The second-order valence-electron chi connectivity index (χ2n) is 5.45. The summed E-state index contributed by atoms with van der Waals surface area (Å²) in [4.78, 5) is 13.4. The van der Waals surface area contributed by atoms with Crippen molar-refractivity contribution in [2.75, 3.05) is 11.1 Å². The largest absolute Gasteiger partial charge is 0.310 e. The zero-order chi connectivity index (χ0) is 16.5. The summed E-state index contributed by atoms with van der Waals surface area (Å²) in [5.41, 5.74) is 2.02. The topological polar surface area (TPSA) is 46.9 Å². The molecule has 1 aromatic carbocycles. The van der Waals surface area contributed by atoms with Crippen molar-refractivity contribution < 1.29 is 4.79 Å². The second-order valence-corrected chi connectivity index (χ2v) is 7.93. The van der Waals surface area contributed by atoms with Gasteiger partial charge in [0, 0.05) is 15.5 Å². The summed E-state index contributed by atoms with van der Waals surface area (Å²) in [5, 5.41) is 10.4. The van der Waals surface area contributed by atoms with Crippen LogP contribution in [0.4, 0.5) is 5.82 Å². The highest BCUT2D eigenvalue weighted by Crippen LogP contribution is 2.43. The van der Waals surface area contributed by atoms with Crippen molar-refractivity contribution in [1.29, 1.82) is 0 Å². The molecule has 122 valence electrons. The Kier molecular flexibility index (Phi) is 4.35. The average Bonchev–Trinajstić information content (AvgIpc) is 3.19. The number of nitrogens with one attached hydrogen (secondary N) is 1. The summed E-state index contributed by atoms with van der Waals surface area (Å²) in [6.07, 6.45) is 1.86. The third-order valence-electron chi connectivity index (χ3n) is 3.87. The van der Waals surface area contributed by atoms with Crippen LogP contribution in [-0.2, 0) is 11.3 Å². The molecule has 3 aromatic rings. The molecule has 4 rings (SSSR count). The van der Waals surface area contributed by atoms with E-state index in [0.717, 1.165) is 16.9 Å². The van der Waals surface area contributed by atoms with Gasteiger partial charge >= 0.3 is 0 Å². The Labute approximate surface area is 152 Å². The first-order valence-corrected chi connectivity index (χ1v) is 9.77. The Hall–Kier alpha value is -1.76. The number of aromatic nitrogens is 2. The number of fused-ring (bicyclic) bond motifs is 1. The van der Waals surface area contributed by atoms with E-state index in [9.17, 15) is 4.79 Å². The van der Waals surface area contributed by atoms with Gasteiger partial charge < -0.3 is 5.32 Å². The molecule has 1 amide bonds. The molecule has 0 saturated carbocycles. The maximum Gasteiger partial charge on any atom is 0.235 e. The Bertz CT molecular complexity index is 876. The Morgan fingerprint density at radius 2 is 2.17 bits per heavy atom. The van der Waals surface area contributed by atoms with Gasteiger partial charge in [-0.05, 0) is 23.1 Å². The number of thioether (sulfide) groups is 1. The van der Waals surface area contributed by atoms with Crippen molar-refractivity contribution in [3.8, 4) is 0 Å². The molecule has 7 heteroatoms. The van der Waals surface area contributed by atoms with Gasteiger partial charge in [0.05, 0.1) is 23.7 Å². The van der Waals surface area contributed by atoms with Crippen LogP contribution in [0.1, 0.15) is 21.3 Å². The summed E-state index contributed by atoms with van der Waals surface area (Å²) in [7, 11) is 0. The number of carbonyl (C=O) groups is 1. The number of thiophene rings is 1. The number of rotatable bonds is 3. The molecule has 4 nitrogen and oxygen atoms in total. The smallest absolute Gasteiger partial charge is 0.235 e. The maximum atomic E-state index is 12.1. The van der Waals surface area contributed by atoms with Gasteiger partial charge in [-0.2, -0.15) is 5.10 Å².